The number of nitrogens with one attached hydrogen (secondary N) is 1. The number of nitrogens with zero attached hydrogens (tertiary/aromatic N) is 2. The van der Waals surface area contributed by atoms with Gasteiger partial charge in [-0.15, -0.1) is 0 Å². The topological polar surface area (TPSA) is 71.1 Å². The molecule has 1 heterocycles. The first-order valence-corrected chi connectivity index (χ1v) is 12.5. The zero-order valence-corrected chi connectivity index (χ0v) is 22.3. The van der Waals surface area contributed by atoms with Crippen LogP contribution < -0.4 is 19.7 Å². The molecule has 210 valence electrons. The lowest BCUT2D eigenvalue weighted by atomic mass is 10.1. The van der Waals surface area contributed by atoms with E-state index in [0.29, 0.717) is 23.6 Å². The largest absolute Gasteiger partial charge is 0.493 e. The van der Waals surface area contributed by atoms with E-state index in [1.807, 2.05) is 6.07 Å². The molecule has 0 aliphatic carbocycles. The summed E-state index contributed by atoms with van der Waals surface area (Å²) in [7, 11) is 3.01. The molecule has 7 nitrogen and oxygen atoms in total. The van der Waals surface area contributed by atoms with Gasteiger partial charge in [-0.25, -0.2) is 4.39 Å². The number of halogens is 4. The van der Waals surface area contributed by atoms with E-state index in [9.17, 15) is 27.2 Å². The third kappa shape index (κ3) is 6.33. The van der Waals surface area contributed by atoms with Crippen molar-refractivity contribution < 1.29 is 36.6 Å². The van der Waals surface area contributed by atoms with Crippen molar-refractivity contribution in [3.05, 3.63) is 83.7 Å². The molecular formula is C28H25F4N3O4S. The Bertz CT molecular complexity index is 1420. The summed E-state index contributed by atoms with van der Waals surface area (Å²) in [5.74, 6) is -0.627. The number of hydrogen-bond donors (Lipinski definition) is 1. The lowest BCUT2D eigenvalue weighted by molar-refractivity contribution is -0.137. The Labute approximate surface area is 233 Å². The summed E-state index contributed by atoms with van der Waals surface area (Å²) in [5, 5.41) is 2.59. The number of ether oxygens (including phenoxy) is 2. The second-order valence-electron chi connectivity index (χ2n) is 8.91. The maximum atomic E-state index is 13.6. The number of benzene rings is 3. The summed E-state index contributed by atoms with van der Waals surface area (Å²) in [6.07, 6.45) is -4.58. The molecule has 1 N–H and O–H groups in total. The number of thiocarbonyl (C=S) groups is 1. The lowest BCUT2D eigenvalue weighted by Crippen LogP contribution is -2.39. The quantitative estimate of drug-likeness (QED) is 0.271. The van der Waals surface area contributed by atoms with Gasteiger partial charge in [0, 0.05) is 12.2 Å². The Morgan fingerprint density at radius 2 is 1.70 bits per heavy atom. The molecule has 4 rings (SSSR count). The molecule has 12 heteroatoms. The number of hydrogen-bond acceptors (Lipinski definition) is 5. The van der Waals surface area contributed by atoms with E-state index in [1.165, 1.54) is 55.5 Å². The molecule has 1 atom stereocenters. The first-order valence-electron chi connectivity index (χ1n) is 12.1. The van der Waals surface area contributed by atoms with E-state index in [2.05, 4.69) is 5.32 Å². The summed E-state index contributed by atoms with van der Waals surface area (Å²) in [5.41, 5.74) is 0.156. The predicted octanol–water partition coefficient (Wildman–Crippen LogP) is 5.44. The minimum absolute atomic E-state index is 0.0237. The van der Waals surface area contributed by atoms with Gasteiger partial charge in [0.25, 0.3) is 5.91 Å². The van der Waals surface area contributed by atoms with Crippen molar-refractivity contribution in [1.82, 2.24) is 4.90 Å². The summed E-state index contributed by atoms with van der Waals surface area (Å²) in [4.78, 5) is 29.0. The van der Waals surface area contributed by atoms with Gasteiger partial charge in [0.2, 0.25) is 5.91 Å². The van der Waals surface area contributed by atoms with Crippen LogP contribution in [0.15, 0.2) is 66.7 Å². The first kappa shape index (κ1) is 28.8. The lowest BCUT2D eigenvalue weighted by Gasteiger charge is -2.24. The Hall–Kier alpha value is -4.19. The van der Waals surface area contributed by atoms with Gasteiger partial charge in [-0.3, -0.25) is 14.5 Å². The van der Waals surface area contributed by atoms with Crippen LogP contribution >= 0.6 is 12.2 Å². The third-order valence-electron chi connectivity index (χ3n) is 6.35. The van der Waals surface area contributed by atoms with Crippen molar-refractivity contribution in [3.8, 4) is 11.5 Å². The minimum atomic E-state index is -4.62. The van der Waals surface area contributed by atoms with Crippen LogP contribution in [0.4, 0.5) is 28.9 Å². The molecule has 0 radical (unpaired) electrons. The maximum Gasteiger partial charge on any atom is 0.416 e. The van der Waals surface area contributed by atoms with Crippen LogP contribution in [0.2, 0.25) is 0 Å². The average Bonchev–Trinajstić information content (AvgIpc) is 3.16. The molecule has 40 heavy (non-hydrogen) atoms. The van der Waals surface area contributed by atoms with Gasteiger partial charge in [0.15, 0.2) is 16.6 Å². The zero-order chi connectivity index (χ0) is 29.0. The van der Waals surface area contributed by atoms with Gasteiger partial charge in [0.05, 0.1) is 31.9 Å². The average molecular weight is 576 g/mol. The van der Waals surface area contributed by atoms with Crippen molar-refractivity contribution in [1.29, 1.82) is 0 Å². The SMILES string of the molecule is COc1ccc(CCN2C(=S)N(c3cccc(C(F)(F)F)c3)C(=O)[C@@H]2CC(=O)Nc2ccc(F)cc2)cc1OC. The monoisotopic (exact) mass is 575 g/mol. The first-order chi connectivity index (χ1) is 19.0. The van der Waals surface area contributed by atoms with E-state index in [0.717, 1.165) is 22.6 Å². The molecule has 3 aromatic rings. The van der Waals surface area contributed by atoms with Gasteiger partial charge in [-0.1, -0.05) is 12.1 Å². The Morgan fingerprint density at radius 3 is 2.35 bits per heavy atom. The highest BCUT2D eigenvalue weighted by Crippen LogP contribution is 2.34. The maximum absolute atomic E-state index is 13.6. The normalized spacial score (nSPS) is 15.4. The fraction of sp³-hybridized carbons (Fsp3) is 0.250. The second-order valence-corrected chi connectivity index (χ2v) is 9.28. The number of methoxy groups -OCH3 is 2. The molecule has 0 aromatic heterocycles. The van der Waals surface area contributed by atoms with Crippen LogP contribution in [0.25, 0.3) is 0 Å². The molecule has 1 aliphatic rings. The Kier molecular flexibility index (Phi) is 8.58. The smallest absolute Gasteiger partial charge is 0.416 e. The molecule has 1 saturated heterocycles. The summed E-state index contributed by atoms with van der Waals surface area (Å²) in [6.45, 7) is 0.185. The van der Waals surface area contributed by atoms with Crippen molar-refractivity contribution in [2.24, 2.45) is 0 Å². The minimum Gasteiger partial charge on any atom is -0.493 e. The number of alkyl halides is 3. The van der Waals surface area contributed by atoms with Crippen LogP contribution in [0.3, 0.4) is 0 Å². The van der Waals surface area contributed by atoms with E-state index in [-0.39, 0.29) is 23.8 Å². The van der Waals surface area contributed by atoms with Crippen molar-refractivity contribution in [2.45, 2.75) is 25.1 Å². The van der Waals surface area contributed by atoms with Crippen LogP contribution in [-0.4, -0.2) is 48.6 Å². The highest BCUT2D eigenvalue weighted by Gasteiger charge is 2.44. The molecular weight excluding hydrogens is 550 g/mol. The summed E-state index contributed by atoms with van der Waals surface area (Å²) >= 11 is 5.57. The standard InChI is InChI=1S/C28H25F4N3O4S/c1-38-23-11-6-17(14-24(23)39-2)12-13-34-22(16-25(36)33-20-9-7-19(29)8-10-20)26(37)35(27(34)40)21-5-3-4-18(15-21)28(30,31)32/h3-11,14-15,22H,12-13,16H2,1-2H3,(H,33,36)/t22-/m0/s1. The van der Waals surface area contributed by atoms with Gasteiger partial charge >= 0.3 is 6.18 Å². The fourth-order valence-corrected chi connectivity index (χ4v) is 4.77. The number of carbonyl (C=O) groups excluding carboxylic acids is 2. The predicted molar refractivity (Wildman–Crippen MR) is 145 cm³/mol. The van der Waals surface area contributed by atoms with Crippen molar-refractivity contribution in [3.63, 3.8) is 0 Å². The van der Waals surface area contributed by atoms with Crippen molar-refractivity contribution >= 4 is 40.5 Å². The van der Waals surface area contributed by atoms with Gasteiger partial charge in [-0.2, -0.15) is 13.2 Å². The molecule has 0 unspecified atom stereocenters. The molecule has 0 bridgehead atoms. The number of amides is 2. The molecule has 1 aliphatic heterocycles. The van der Waals surface area contributed by atoms with E-state index >= 15 is 0 Å². The van der Waals surface area contributed by atoms with E-state index in [1.54, 1.807) is 12.1 Å². The molecule has 0 spiro atoms. The molecule has 2 amide bonds. The van der Waals surface area contributed by atoms with Gasteiger partial charge in [0.1, 0.15) is 11.9 Å². The number of rotatable bonds is 9. The number of anilines is 2. The van der Waals surface area contributed by atoms with Crippen LogP contribution in [-0.2, 0) is 22.2 Å². The molecule has 0 saturated carbocycles. The van der Waals surface area contributed by atoms with Gasteiger partial charge < -0.3 is 19.7 Å². The van der Waals surface area contributed by atoms with E-state index in [4.69, 9.17) is 21.7 Å². The summed E-state index contributed by atoms with van der Waals surface area (Å²) in [6, 6.07) is 13.6. The van der Waals surface area contributed by atoms with E-state index < -0.39 is 35.4 Å². The Morgan fingerprint density at radius 1 is 1.00 bits per heavy atom. The number of carbonyl (C=O) groups is 2. The zero-order valence-electron chi connectivity index (χ0n) is 21.5. The van der Waals surface area contributed by atoms with Crippen LogP contribution in [0.1, 0.15) is 17.5 Å². The molecule has 1 fully saturated rings. The van der Waals surface area contributed by atoms with Gasteiger partial charge in [-0.05, 0) is 78.8 Å². The Balaban J connectivity index is 1.61. The highest BCUT2D eigenvalue weighted by atomic mass is 32.1. The van der Waals surface area contributed by atoms with Crippen LogP contribution in [0.5, 0.6) is 11.5 Å². The summed E-state index contributed by atoms with van der Waals surface area (Å²) < 4.78 is 64.0. The van der Waals surface area contributed by atoms with Crippen molar-refractivity contribution in [2.75, 3.05) is 31.0 Å². The fourth-order valence-electron chi connectivity index (χ4n) is 4.35. The molecule has 3 aromatic carbocycles. The van der Waals surface area contributed by atoms with Crippen LogP contribution in [0, 0.1) is 5.82 Å². The second kappa shape index (κ2) is 11.9. The third-order valence-corrected chi connectivity index (χ3v) is 6.76. The highest BCUT2D eigenvalue weighted by molar-refractivity contribution is 7.80.